The van der Waals surface area contributed by atoms with Crippen LogP contribution < -0.4 is 10.6 Å². The Hall–Kier alpha value is -1.59. The number of aromatic nitrogens is 2. The van der Waals surface area contributed by atoms with Gasteiger partial charge < -0.3 is 10.6 Å². The minimum Gasteiger partial charge on any atom is -0.363 e. The highest BCUT2D eigenvalue weighted by molar-refractivity contribution is 7.80. The molecule has 0 unspecified atom stereocenters. The highest BCUT2D eigenvalue weighted by Gasteiger charge is 2.06. The molecule has 0 aliphatic heterocycles. The van der Waals surface area contributed by atoms with E-state index >= 15 is 0 Å². The van der Waals surface area contributed by atoms with Crippen LogP contribution >= 0.6 is 23.8 Å². The van der Waals surface area contributed by atoms with Crippen LogP contribution in [0, 0.1) is 6.92 Å². The molecule has 1 heterocycles. The molecule has 0 bridgehead atoms. The largest absolute Gasteiger partial charge is 0.363 e. The number of benzene rings is 1. The predicted octanol–water partition coefficient (Wildman–Crippen LogP) is 3.20. The number of halogens is 1. The van der Waals surface area contributed by atoms with Crippen molar-refractivity contribution < 1.29 is 0 Å². The maximum atomic E-state index is 5.88. The molecular weight excluding hydrogens is 292 g/mol. The lowest BCUT2D eigenvalue weighted by atomic mass is 10.2. The zero-order valence-electron chi connectivity index (χ0n) is 11.5. The van der Waals surface area contributed by atoms with Crippen LogP contribution in [0.3, 0.4) is 0 Å². The van der Waals surface area contributed by atoms with Gasteiger partial charge in [-0.1, -0.05) is 23.7 Å². The fraction of sp³-hybridized carbons (Fsp3) is 0.286. The molecule has 0 aliphatic rings. The molecule has 1 aromatic carbocycles. The smallest absolute Gasteiger partial charge is 0.171 e. The van der Waals surface area contributed by atoms with Gasteiger partial charge in [0.2, 0.25) is 0 Å². The van der Waals surface area contributed by atoms with Gasteiger partial charge in [0, 0.05) is 23.3 Å². The van der Waals surface area contributed by atoms with Crippen LogP contribution in [0.4, 0.5) is 5.82 Å². The van der Waals surface area contributed by atoms with Gasteiger partial charge in [0.1, 0.15) is 0 Å². The summed E-state index contributed by atoms with van der Waals surface area (Å²) in [6, 6.07) is 9.74. The van der Waals surface area contributed by atoms with E-state index in [1.54, 1.807) is 0 Å². The fourth-order valence-corrected chi connectivity index (χ4v) is 2.19. The Balaban J connectivity index is 2.07. The van der Waals surface area contributed by atoms with Gasteiger partial charge in [0.15, 0.2) is 10.9 Å². The summed E-state index contributed by atoms with van der Waals surface area (Å²) in [6.45, 7) is 5.51. The monoisotopic (exact) mass is 308 g/mol. The quantitative estimate of drug-likeness (QED) is 0.851. The van der Waals surface area contributed by atoms with Crippen molar-refractivity contribution in [2.24, 2.45) is 0 Å². The number of anilines is 1. The molecule has 0 saturated heterocycles. The maximum absolute atomic E-state index is 5.88. The van der Waals surface area contributed by atoms with Crippen molar-refractivity contribution in [3.63, 3.8) is 0 Å². The summed E-state index contributed by atoms with van der Waals surface area (Å²) in [4.78, 5) is 0. The number of thiocarbonyl (C=S) groups is 1. The van der Waals surface area contributed by atoms with E-state index in [2.05, 4.69) is 15.7 Å². The van der Waals surface area contributed by atoms with E-state index in [1.807, 2.05) is 48.9 Å². The van der Waals surface area contributed by atoms with Gasteiger partial charge in [-0.15, -0.1) is 0 Å². The molecule has 1 aromatic heterocycles. The summed E-state index contributed by atoms with van der Waals surface area (Å²) >= 11 is 11.0. The molecule has 0 spiro atoms. The third-order valence-electron chi connectivity index (χ3n) is 2.81. The summed E-state index contributed by atoms with van der Waals surface area (Å²) in [7, 11) is 0. The second-order valence-electron chi connectivity index (χ2n) is 4.44. The molecule has 0 radical (unpaired) electrons. The van der Waals surface area contributed by atoms with Crippen LogP contribution in [0.15, 0.2) is 30.3 Å². The second kappa shape index (κ2) is 6.72. The third-order valence-corrected chi connectivity index (χ3v) is 3.30. The molecule has 0 saturated carbocycles. The SMILES string of the molecule is CCNC(=S)Nc1cc(C)n(Cc2ccc(Cl)cc2)n1. The van der Waals surface area contributed by atoms with Crippen LogP contribution in [-0.4, -0.2) is 21.4 Å². The Bertz CT molecular complexity index is 592. The summed E-state index contributed by atoms with van der Waals surface area (Å²) in [5.41, 5.74) is 2.23. The van der Waals surface area contributed by atoms with E-state index in [0.717, 1.165) is 28.6 Å². The first kappa shape index (κ1) is 14.8. The first-order valence-corrected chi connectivity index (χ1v) is 7.21. The molecule has 20 heavy (non-hydrogen) atoms. The Morgan fingerprint density at radius 1 is 1.35 bits per heavy atom. The van der Waals surface area contributed by atoms with Crippen LogP contribution in [0.25, 0.3) is 0 Å². The van der Waals surface area contributed by atoms with Crippen molar-refractivity contribution in [3.8, 4) is 0 Å². The van der Waals surface area contributed by atoms with Crippen LogP contribution in [0.1, 0.15) is 18.2 Å². The summed E-state index contributed by atoms with van der Waals surface area (Å²) < 4.78 is 1.93. The van der Waals surface area contributed by atoms with Crippen molar-refractivity contribution in [2.75, 3.05) is 11.9 Å². The lowest BCUT2D eigenvalue weighted by Crippen LogP contribution is -2.28. The first-order valence-electron chi connectivity index (χ1n) is 6.42. The summed E-state index contributed by atoms with van der Waals surface area (Å²) in [5, 5.41) is 11.9. The van der Waals surface area contributed by atoms with Crippen molar-refractivity contribution in [2.45, 2.75) is 20.4 Å². The van der Waals surface area contributed by atoms with Crippen LogP contribution in [0.5, 0.6) is 0 Å². The number of nitrogens with zero attached hydrogens (tertiary/aromatic N) is 2. The normalized spacial score (nSPS) is 10.3. The number of hydrogen-bond acceptors (Lipinski definition) is 2. The molecule has 2 aromatic rings. The molecule has 0 fully saturated rings. The van der Waals surface area contributed by atoms with Crippen LogP contribution in [0.2, 0.25) is 5.02 Å². The molecule has 106 valence electrons. The highest BCUT2D eigenvalue weighted by atomic mass is 35.5. The van der Waals surface area contributed by atoms with Crippen molar-refractivity contribution in [1.29, 1.82) is 0 Å². The van der Waals surface area contributed by atoms with Gasteiger partial charge in [0.25, 0.3) is 0 Å². The van der Waals surface area contributed by atoms with Crippen LogP contribution in [-0.2, 0) is 6.54 Å². The lowest BCUT2D eigenvalue weighted by Gasteiger charge is -2.06. The molecule has 4 nitrogen and oxygen atoms in total. The molecular formula is C14H17ClN4S. The van der Waals surface area contributed by atoms with Gasteiger partial charge >= 0.3 is 0 Å². The highest BCUT2D eigenvalue weighted by Crippen LogP contribution is 2.13. The minimum absolute atomic E-state index is 0.587. The standard InChI is InChI=1S/C14H17ClN4S/c1-3-16-14(20)17-13-8-10(2)19(18-13)9-11-4-6-12(15)7-5-11/h4-8H,3,9H2,1-2H3,(H2,16,17,18,20). The summed E-state index contributed by atoms with van der Waals surface area (Å²) in [5.74, 6) is 0.752. The lowest BCUT2D eigenvalue weighted by molar-refractivity contribution is 0.668. The van der Waals surface area contributed by atoms with E-state index in [0.29, 0.717) is 11.7 Å². The average molecular weight is 309 g/mol. The Morgan fingerprint density at radius 3 is 2.70 bits per heavy atom. The van der Waals surface area contributed by atoms with Gasteiger partial charge in [0.05, 0.1) is 6.54 Å². The molecule has 0 atom stereocenters. The van der Waals surface area contributed by atoms with E-state index in [9.17, 15) is 0 Å². The number of rotatable bonds is 4. The van der Waals surface area contributed by atoms with E-state index in [-0.39, 0.29) is 0 Å². The number of hydrogen-bond donors (Lipinski definition) is 2. The Kier molecular flexibility index (Phi) is 4.98. The van der Waals surface area contributed by atoms with E-state index in [4.69, 9.17) is 23.8 Å². The molecule has 2 N–H and O–H groups in total. The molecule has 6 heteroatoms. The molecule has 2 rings (SSSR count). The first-order chi connectivity index (χ1) is 9.58. The van der Waals surface area contributed by atoms with Gasteiger partial charge in [-0.05, 0) is 43.8 Å². The topological polar surface area (TPSA) is 41.9 Å². The second-order valence-corrected chi connectivity index (χ2v) is 5.28. The summed E-state index contributed by atoms with van der Waals surface area (Å²) in [6.07, 6.45) is 0. The van der Waals surface area contributed by atoms with Gasteiger partial charge in [-0.3, -0.25) is 4.68 Å². The zero-order valence-corrected chi connectivity index (χ0v) is 13.1. The maximum Gasteiger partial charge on any atom is 0.171 e. The van der Waals surface area contributed by atoms with Crippen molar-refractivity contribution in [1.82, 2.24) is 15.1 Å². The number of nitrogens with one attached hydrogen (secondary N) is 2. The number of aryl methyl sites for hydroxylation is 1. The third kappa shape index (κ3) is 3.95. The minimum atomic E-state index is 0.587. The molecule has 0 amide bonds. The molecule has 0 aliphatic carbocycles. The van der Waals surface area contributed by atoms with E-state index < -0.39 is 0 Å². The Morgan fingerprint density at radius 2 is 2.05 bits per heavy atom. The van der Waals surface area contributed by atoms with E-state index in [1.165, 1.54) is 0 Å². The van der Waals surface area contributed by atoms with Gasteiger partial charge in [-0.2, -0.15) is 5.10 Å². The zero-order chi connectivity index (χ0) is 14.5. The average Bonchev–Trinajstić information content (AvgIpc) is 2.72. The predicted molar refractivity (Wildman–Crippen MR) is 87.4 cm³/mol. The van der Waals surface area contributed by atoms with Crippen molar-refractivity contribution >= 4 is 34.7 Å². The fourth-order valence-electron chi connectivity index (χ4n) is 1.82. The van der Waals surface area contributed by atoms with Crippen molar-refractivity contribution in [3.05, 3.63) is 46.6 Å². The van der Waals surface area contributed by atoms with Gasteiger partial charge in [-0.25, -0.2) is 0 Å². The Labute approximate surface area is 129 Å².